The highest BCUT2D eigenvalue weighted by Crippen LogP contribution is 2.27. The maximum atomic E-state index is 6.31. The van der Waals surface area contributed by atoms with Gasteiger partial charge >= 0.3 is 0 Å². The van der Waals surface area contributed by atoms with Gasteiger partial charge in [0.15, 0.2) is 0 Å². The van der Waals surface area contributed by atoms with Gasteiger partial charge in [-0.1, -0.05) is 50.5 Å². The number of hydrogen-bond acceptors (Lipinski definition) is 3. The van der Waals surface area contributed by atoms with Gasteiger partial charge in [0.05, 0.1) is 5.69 Å². The fraction of sp³-hybridized carbons (Fsp3) is 0.389. The summed E-state index contributed by atoms with van der Waals surface area (Å²) in [4.78, 5) is 4.27. The molecule has 2 aromatic rings. The van der Waals surface area contributed by atoms with E-state index in [0.29, 0.717) is 6.61 Å². The molecule has 0 radical (unpaired) electrons. The standard InChI is InChI=1S/C18H24N2O/c1-2-3-4-11-17(19)16-10-5-6-12-18(16)21-14-15-9-7-8-13-20-15/h5-10,12-13,17H,2-4,11,14,19H2,1H3. The highest BCUT2D eigenvalue weighted by Gasteiger charge is 2.11. The van der Waals surface area contributed by atoms with Crippen LogP contribution < -0.4 is 10.5 Å². The molecule has 0 bridgehead atoms. The Bertz CT molecular complexity index is 528. The Kier molecular flexibility index (Phi) is 6.22. The van der Waals surface area contributed by atoms with Crippen molar-refractivity contribution in [2.45, 2.75) is 45.3 Å². The molecule has 0 aliphatic rings. The van der Waals surface area contributed by atoms with Gasteiger partial charge in [0.1, 0.15) is 12.4 Å². The van der Waals surface area contributed by atoms with Crippen LogP contribution in [-0.4, -0.2) is 4.98 Å². The molecule has 0 saturated heterocycles. The number of aromatic nitrogens is 1. The number of unbranched alkanes of at least 4 members (excludes halogenated alkanes) is 2. The van der Waals surface area contributed by atoms with E-state index in [1.165, 1.54) is 12.8 Å². The molecule has 2 N–H and O–H groups in total. The lowest BCUT2D eigenvalue weighted by atomic mass is 10.0. The molecule has 3 heteroatoms. The number of rotatable bonds is 8. The van der Waals surface area contributed by atoms with Crippen LogP contribution in [0.2, 0.25) is 0 Å². The molecule has 0 aliphatic carbocycles. The van der Waals surface area contributed by atoms with E-state index < -0.39 is 0 Å². The average molecular weight is 284 g/mol. The molecule has 1 unspecified atom stereocenters. The molecule has 112 valence electrons. The molecule has 0 spiro atoms. The van der Waals surface area contributed by atoms with Crippen molar-refractivity contribution in [2.75, 3.05) is 0 Å². The van der Waals surface area contributed by atoms with Crippen LogP contribution in [0.4, 0.5) is 0 Å². The summed E-state index contributed by atoms with van der Waals surface area (Å²) in [7, 11) is 0. The molecule has 21 heavy (non-hydrogen) atoms. The number of benzene rings is 1. The lowest BCUT2D eigenvalue weighted by Gasteiger charge is -2.16. The summed E-state index contributed by atoms with van der Waals surface area (Å²) in [5.74, 6) is 0.868. The van der Waals surface area contributed by atoms with E-state index in [1.54, 1.807) is 6.20 Å². The molecular formula is C18H24N2O. The first kappa shape index (κ1) is 15.5. The predicted molar refractivity (Wildman–Crippen MR) is 86.1 cm³/mol. The first-order chi connectivity index (χ1) is 10.3. The quantitative estimate of drug-likeness (QED) is 0.737. The molecule has 0 amide bonds. The van der Waals surface area contributed by atoms with Crippen LogP contribution in [0.5, 0.6) is 5.75 Å². The number of para-hydroxylation sites is 1. The Balaban J connectivity index is 1.99. The van der Waals surface area contributed by atoms with Gasteiger partial charge in [-0.3, -0.25) is 4.98 Å². The summed E-state index contributed by atoms with van der Waals surface area (Å²) >= 11 is 0. The molecule has 1 atom stereocenters. The van der Waals surface area contributed by atoms with Crippen molar-refractivity contribution in [3.63, 3.8) is 0 Å². The van der Waals surface area contributed by atoms with Crippen molar-refractivity contribution in [1.29, 1.82) is 0 Å². The fourth-order valence-corrected chi connectivity index (χ4v) is 2.32. The molecule has 0 aliphatic heterocycles. The van der Waals surface area contributed by atoms with Crippen molar-refractivity contribution in [2.24, 2.45) is 5.73 Å². The summed E-state index contributed by atoms with van der Waals surface area (Å²) < 4.78 is 5.91. The second kappa shape index (κ2) is 8.42. The van der Waals surface area contributed by atoms with Crippen LogP contribution in [0.15, 0.2) is 48.7 Å². The zero-order chi connectivity index (χ0) is 14.9. The zero-order valence-corrected chi connectivity index (χ0v) is 12.7. The molecule has 1 heterocycles. The maximum absolute atomic E-state index is 6.31. The topological polar surface area (TPSA) is 48.1 Å². The van der Waals surface area contributed by atoms with E-state index >= 15 is 0 Å². The Morgan fingerprint density at radius 3 is 2.67 bits per heavy atom. The zero-order valence-electron chi connectivity index (χ0n) is 12.7. The van der Waals surface area contributed by atoms with Crippen LogP contribution >= 0.6 is 0 Å². The third-order valence-electron chi connectivity index (χ3n) is 3.54. The van der Waals surface area contributed by atoms with Crippen LogP contribution in [-0.2, 0) is 6.61 Å². The smallest absolute Gasteiger partial charge is 0.130 e. The van der Waals surface area contributed by atoms with Gasteiger partial charge in [0, 0.05) is 17.8 Å². The Morgan fingerprint density at radius 2 is 1.90 bits per heavy atom. The molecule has 1 aromatic heterocycles. The van der Waals surface area contributed by atoms with Gasteiger partial charge in [-0.15, -0.1) is 0 Å². The lowest BCUT2D eigenvalue weighted by molar-refractivity contribution is 0.295. The van der Waals surface area contributed by atoms with Crippen molar-refractivity contribution < 1.29 is 4.74 Å². The fourth-order valence-electron chi connectivity index (χ4n) is 2.32. The van der Waals surface area contributed by atoms with Gasteiger partial charge in [-0.25, -0.2) is 0 Å². The van der Waals surface area contributed by atoms with Crippen molar-refractivity contribution >= 4 is 0 Å². The predicted octanol–water partition coefficient (Wildman–Crippen LogP) is 4.24. The highest BCUT2D eigenvalue weighted by atomic mass is 16.5. The van der Waals surface area contributed by atoms with Crippen LogP contribution in [0.1, 0.15) is 49.9 Å². The largest absolute Gasteiger partial charge is 0.487 e. The van der Waals surface area contributed by atoms with E-state index in [2.05, 4.69) is 18.0 Å². The Labute approximate surface area is 127 Å². The van der Waals surface area contributed by atoms with E-state index in [1.807, 2.05) is 36.4 Å². The second-order valence-corrected chi connectivity index (χ2v) is 5.25. The van der Waals surface area contributed by atoms with E-state index in [0.717, 1.165) is 29.8 Å². The number of hydrogen-bond donors (Lipinski definition) is 1. The lowest BCUT2D eigenvalue weighted by Crippen LogP contribution is -2.12. The highest BCUT2D eigenvalue weighted by molar-refractivity contribution is 5.35. The molecule has 0 saturated carbocycles. The van der Waals surface area contributed by atoms with Gasteiger partial charge in [0.2, 0.25) is 0 Å². The molecule has 3 nitrogen and oxygen atoms in total. The van der Waals surface area contributed by atoms with Crippen molar-refractivity contribution in [1.82, 2.24) is 4.98 Å². The first-order valence-corrected chi connectivity index (χ1v) is 7.68. The summed E-state index contributed by atoms with van der Waals surface area (Å²) in [5.41, 5.74) is 8.32. The minimum absolute atomic E-state index is 0.0384. The Hall–Kier alpha value is -1.87. The van der Waals surface area contributed by atoms with Gasteiger partial charge in [0.25, 0.3) is 0 Å². The minimum Gasteiger partial charge on any atom is -0.487 e. The number of nitrogens with two attached hydrogens (primary N) is 1. The Morgan fingerprint density at radius 1 is 1.10 bits per heavy atom. The maximum Gasteiger partial charge on any atom is 0.130 e. The molecule has 0 fully saturated rings. The summed E-state index contributed by atoms with van der Waals surface area (Å²) in [6, 6.07) is 13.9. The summed E-state index contributed by atoms with van der Waals surface area (Å²) in [6.45, 7) is 2.68. The molecule has 2 rings (SSSR count). The van der Waals surface area contributed by atoms with Crippen LogP contribution in [0, 0.1) is 0 Å². The number of nitrogens with zero attached hydrogens (tertiary/aromatic N) is 1. The first-order valence-electron chi connectivity index (χ1n) is 7.68. The summed E-state index contributed by atoms with van der Waals surface area (Å²) in [6.07, 6.45) is 6.38. The third kappa shape index (κ3) is 4.87. The van der Waals surface area contributed by atoms with Gasteiger partial charge in [-0.05, 0) is 24.6 Å². The summed E-state index contributed by atoms with van der Waals surface area (Å²) in [5, 5.41) is 0. The van der Waals surface area contributed by atoms with E-state index in [-0.39, 0.29) is 6.04 Å². The van der Waals surface area contributed by atoms with Gasteiger partial charge < -0.3 is 10.5 Å². The van der Waals surface area contributed by atoms with Crippen LogP contribution in [0.25, 0.3) is 0 Å². The SMILES string of the molecule is CCCCCC(N)c1ccccc1OCc1ccccn1. The number of pyridine rings is 1. The number of ether oxygens (including phenoxy) is 1. The van der Waals surface area contributed by atoms with E-state index in [4.69, 9.17) is 10.5 Å². The second-order valence-electron chi connectivity index (χ2n) is 5.25. The molecular weight excluding hydrogens is 260 g/mol. The normalized spacial score (nSPS) is 12.1. The van der Waals surface area contributed by atoms with Gasteiger partial charge in [-0.2, -0.15) is 0 Å². The third-order valence-corrected chi connectivity index (χ3v) is 3.54. The average Bonchev–Trinajstić information content (AvgIpc) is 2.54. The van der Waals surface area contributed by atoms with Crippen molar-refractivity contribution in [3.05, 3.63) is 59.9 Å². The minimum atomic E-state index is 0.0384. The molecule has 1 aromatic carbocycles. The monoisotopic (exact) mass is 284 g/mol. The van der Waals surface area contributed by atoms with Crippen molar-refractivity contribution in [3.8, 4) is 5.75 Å². The van der Waals surface area contributed by atoms with E-state index in [9.17, 15) is 0 Å². The van der Waals surface area contributed by atoms with Crippen LogP contribution in [0.3, 0.4) is 0 Å².